The minimum atomic E-state index is -0.0191. The summed E-state index contributed by atoms with van der Waals surface area (Å²) < 4.78 is 0. The highest BCUT2D eigenvalue weighted by atomic mass is 32.1. The lowest BCUT2D eigenvalue weighted by molar-refractivity contribution is 0.0767. The molecule has 0 aliphatic rings. The van der Waals surface area contributed by atoms with Crippen LogP contribution in [0.15, 0.2) is 18.3 Å². The number of thiocarbonyl (C=S) groups is 1. The van der Waals surface area contributed by atoms with E-state index in [0.717, 1.165) is 5.69 Å². The number of carbonyl (C=O) groups is 1. The van der Waals surface area contributed by atoms with Crippen LogP contribution in [0, 0.1) is 6.92 Å². The number of carbonyl (C=O) groups excluding carboxylic acids is 1. The van der Waals surface area contributed by atoms with Crippen LogP contribution in [0.1, 0.15) is 29.4 Å². The van der Waals surface area contributed by atoms with Crippen molar-refractivity contribution in [3.63, 3.8) is 0 Å². The summed E-state index contributed by atoms with van der Waals surface area (Å²) in [5.74, 6) is -0.0191. The van der Waals surface area contributed by atoms with E-state index in [1.165, 1.54) is 0 Å². The summed E-state index contributed by atoms with van der Waals surface area (Å²) in [5, 5.41) is 0. The highest BCUT2D eigenvalue weighted by molar-refractivity contribution is 7.80. The average molecular weight is 251 g/mol. The van der Waals surface area contributed by atoms with Gasteiger partial charge in [-0.1, -0.05) is 12.2 Å². The lowest BCUT2D eigenvalue weighted by Gasteiger charge is -2.21. The molecule has 17 heavy (non-hydrogen) atoms. The van der Waals surface area contributed by atoms with E-state index in [1.807, 2.05) is 13.8 Å². The van der Waals surface area contributed by atoms with Crippen molar-refractivity contribution in [3.8, 4) is 0 Å². The summed E-state index contributed by atoms with van der Waals surface area (Å²) in [6, 6.07) is 3.55. The van der Waals surface area contributed by atoms with Gasteiger partial charge in [-0.3, -0.25) is 9.78 Å². The molecule has 1 aromatic heterocycles. The minimum Gasteiger partial charge on any atom is -0.393 e. The van der Waals surface area contributed by atoms with Crippen LogP contribution in [0.25, 0.3) is 0 Å². The second-order valence-electron chi connectivity index (χ2n) is 3.74. The molecule has 4 nitrogen and oxygen atoms in total. The lowest BCUT2D eigenvalue weighted by Crippen LogP contribution is -2.34. The van der Waals surface area contributed by atoms with Gasteiger partial charge in [-0.05, 0) is 26.0 Å². The number of amides is 1. The van der Waals surface area contributed by atoms with Crippen LogP contribution in [0.2, 0.25) is 0 Å². The van der Waals surface area contributed by atoms with Gasteiger partial charge in [0.25, 0.3) is 5.91 Å². The molecule has 1 rings (SSSR count). The molecule has 0 aliphatic carbocycles. The zero-order valence-corrected chi connectivity index (χ0v) is 11.0. The van der Waals surface area contributed by atoms with E-state index < -0.39 is 0 Å². The van der Waals surface area contributed by atoms with Gasteiger partial charge in [0.2, 0.25) is 0 Å². The largest absolute Gasteiger partial charge is 0.393 e. The molecule has 92 valence electrons. The Bertz CT molecular complexity index is 420. The fraction of sp³-hybridized carbons (Fsp3) is 0.417. The van der Waals surface area contributed by atoms with Gasteiger partial charge in [-0.25, -0.2) is 0 Å². The van der Waals surface area contributed by atoms with Crippen LogP contribution in [-0.4, -0.2) is 33.9 Å². The Morgan fingerprint density at radius 2 is 2.29 bits per heavy atom. The summed E-state index contributed by atoms with van der Waals surface area (Å²) in [6.45, 7) is 4.95. The molecule has 0 radical (unpaired) electrons. The van der Waals surface area contributed by atoms with Gasteiger partial charge in [0.05, 0.1) is 10.6 Å². The van der Waals surface area contributed by atoms with Crippen LogP contribution in [-0.2, 0) is 0 Å². The van der Waals surface area contributed by atoms with Crippen molar-refractivity contribution in [1.82, 2.24) is 9.88 Å². The standard InChI is InChI=1S/C12H17N3OS/c1-3-15(8-6-11(13)17)12(16)10-5-4-7-14-9(10)2/h4-5,7H,3,6,8H2,1-2H3,(H2,13,17). The van der Waals surface area contributed by atoms with Crippen LogP contribution in [0.5, 0.6) is 0 Å². The Balaban J connectivity index is 2.79. The maximum atomic E-state index is 12.2. The average Bonchev–Trinajstić information content (AvgIpc) is 2.29. The van der Waals surface area contributed by atoms with E-state index in [9.17, 15) is 4.79 Å². The Morgan fingerprint density at radius 1 is 1.59 bits per heavy atom. The fourth-order valence-electron chi connectivity index (χ4n) is 1.53. The van der Waals surface area contributed by atoms with Gasteiger partial charge in [-0.2, -0.15) is 0 Å². The second-order valence-corrected chi connectivity index (χ2v) is 4.26. The molecule has 0 unspecified atom stereocenters. The van der Waals surface area contributed by atoms with Crippen molar-refractivity contribution in [2.45, 2.75) is 20.3 Å². The maximum Gasteiger partial charge on any atom is 0.255 e. The summed E-state index contributed by atoms with van der Waals surface area (Å²) in [7, 11) is 0. The first-order valence-corrected chi connectivity index (χ1v) is 5.96. The van der Waals surface area contributed by atoms with Crippen LogP contribution in [0.3, 0.4) is 0 Å². The summed E-state index contributed by atoms with van der Waals surface area (Å²) in [5.41, 5.74) is 6.82. The second kappa shape index (κ2) is 6.30. The number of aryl methyl sites for hydroxylation is 1. The molecule has 0 bridgehead atoms. The van der Waals surface area contributed by atoms with Crippen molar-refractivity contribution < 1.29 is 4.79 Å². The molecule has 0 aliphatic heterocycles. The predicted molar refractivity (Wildman–Crippen MR) is 72.0 cm³/mol. The third-order valence-corrected chi connectivity index (χ3v) is 2.74. The summed E-state index contributed by atoms with van der Waals surface area (Å²) >= 11 is 4.82. The fourth-order valence-corrected chi connectivity index (χ4v) is 1.62. The quantitative estimate of drug-likeness (QED) is 0.806. The molecular weight excluding hydrogens is 234 g/mol. The highest BCUT2D eigenvalue weighted by Crippen LogP contribution is 2.08. The lowest BCUT2D eigenvalue weighted by atomic mass is 10.1. The van der Waals surface area contributed by atoms with Gasteiger partial charge in [0.15, 0.2) is 0 Å². The molecule has 1 heterocycles. The highest BCUT2D eigenvalue weighted by Gasteiger charge is 2.16. The number of hydrogen-bond donors (Lipinski definition) is 1. The smallest absolute Gasteiger partial charge is 0.255 e. The number of hydrogen-bond acceptors (Lipinski definition) is 3. The van der Waals surface area contributed by atoms with Crippen molar-refractivity contribution in [2.24, 2.45) is 5.73 Å². The molecule has 0 saturated heterocycles. The molecule has 0 atom stereocenters. The Labute approximate surface area is 107 Å². The van der Waals surface area contributed by atoms with Crippen LogP contribution >= 0.6 is 12.2 Å². The SMILES string of the molecule is CCN(CCC(N)=S)C(=O)c1cccnc1C. The summed E-state index contributed by atoms with van der Waals surface area (Å²) in [4.78, 5) is 18.5. The Kier molecular flexibility index (Phi) is 5.03. The number of aromatic nitrogens is 1. The summed E-state index contributed by atoms with van der Waals surface area (Å²) in [6.07, 6.45) is 2.23. The topological polar surface area (TPSA) is 59.2 Å². The third kappa shape index (κ3) is 3.78. The van der Waals surface area contributed by atoms with Crippen LogP contribution < -0.4 is 5.73 Å². The number of rotatable bonds is 5. The minimum absolute atomic E-state index is 0.0191. The van der Waals surface area contributed by atoms with Gasteiger partial charge in [0, 0.05) is 31.4 Å². The van der Waals surface area contributed by atoms with Crippen molar-refractivity contribution >= 4 is 23.1 Å². The monoisotopic (exact) mass is 251 g/mol. The van der Waals surface area contributed by atoms with E-state index in [1.54, 1.807) is 23.2 Å². The zero-order valence-electron chi connectivity index (χ0n) is 10.1. The molecule has 0 saturated carbocycles. The third-order valence-electron chi connectivity index (χ3n) is 2.53. The van der Waals surface area contributed by atoms with E-state index in [0.29, 0.717) is 30.1 Å². The van der Waals surface area contributed by atoms with Crippen molar-refractivity contribution in [3.05, 3.63) is 29.6 Å². The van der Waals surface area contributed by atoms with E-state index in [4.69, 9.17) is 18.0 Å². The van der Waals surface area contributed by atoms with Crippen molar-refractivity contribution in [2.75, 3.05) is 13.1 Å². The molecule has 0 fully saturated rings. The van der Waals surface area contributed by atoms with Crippen molar-refractivity contribution in [1.29, 1.82) is 0 Å². The first-order chi connectivity index (χ1) is 8.06. The Hall–Kier alpha value is -1.49. The number of pyridine rings is 1. The molecule has 2 N–H and O–H groups in total. The van der Waals surface area contributed by atoms with Gasteiger partial charge in [-0.15, -0.1) is 0 Å². The maximum absolute atomic E-state index is 12.2. The molecule has 1 amide bonds. The van der Waals surface area contributed by atoms with Gasteiger partial charge < -0.3 is 10.6 Å². The molecule has 0 spiro atoms. The van der Waals surface area contributed by atoms with Gasteiger partial charge >= 0.3 is 0 Å². The molecule has 0 aromatic carbocycles. The normalized spacial score (nSPS) is 10.0. The predicted octanol–water partition coefficient (Wildman–Crippen LogP) is 1.53. The van der Waals surface area contributed by atoms with E-state index in [-0.39, 0.29) is 5.91 Å². The molecule has 1 aromatic rings. The first kappa shape index (κ1) is 13.6. The first-order valence-electron chi connectivity index (χ1n) is 5.55. The molecule has 5 heteroatoms. The molecular formula is C12H17N3OS. The zero-order chi connectivity index (χ0) is 12.8. The number of nitrogens with zero attached hydrogens (tertiary/aromatic N) is 2. The van der Waals surface area contributed by atoms with Gasteiger partial charge in [0.1, 0.15) is 0 Å². The Morgan fingerprint density at radius 3 is 2.82 bits per heavy atom. The number of nitrogens with two attached hydrogens (primary N) is 1. The van der Waals surface area contributed by atoms with E-state index in [2.05, 4.69) is 4.98 Å². The van der Waals surface area contributed by atoms with Crippen LogP contribution in [0.4, 0.5) is 0 Å². The van der Waals surface area contributed by atoms with E-state index >= 15 is 0 Å².